The van der Waals surface area contributed by atoms with Gasteiger partial charge in [-0.05, 0) is 40.7 Å². The molecule has 1 heterocycles. The highest BCUT2D eigenvalue weighted by atomic mass is 127. The number of hydrogen-bond acceptors (Lipinski definition) is 5. The lowest BCUT2D eigenvalue weighted by Gasteiger charge is -2.34. The average molecular weight is 534 g/mol. The summed E-state index contributed by atoms with van der Waals surface area (Å²) >= 11 is 0. The molecule has 7 nitrogen and oxygen atoms in total. The molecule has 1 unspecified atom stereocenters. The number of hydrogen-bond donors (Lipinski definition) is 3. The maximum Gasteiger partial charge on any atom is 0.191 e. The Labute approximate surface area is 198 Å². The molecule has 1 aliphatic heterocycles. The summed E-state index contributed by atoms with van der Waals surface area (Å²) in [5.41, 5.74) is -0.0960. The normalized spacial score (nSPS) is 17.6. The van der Waals surface area contributed by atoms with E-state index >= 15 is 0 Å². The maximum atomic E-state index is 10.8. The monoisotopic (exact) mass is 534 g/mol. The molecule has 172 valence electrons. The first-order valence-corrected chi connectivity index (χ1v) is 10.5. The van der Waals surface area contributed by atoms with Crippen LogP contribution in [0.5, 0.6) is 5.75 Å². The van der Waals surface area contributed by atoms with Gasteiger partial charge in [-0.25, -0.2) is 4.99 Å². The molecule has 0 bridgehead atoms. The fraction of sp³-hybridized carbons (Fsp3) is 0.682. The van der Waals surface area contributed by atoms with Gasteiger partial charge in [0.25, 0.3) is 0 Å². The lowest BCUT2D eigenvalue weighted by molar-refractivity contribution is -0.0201. The standard InChI is InChI=1S/C22H38N4O3.HI/c1-6-23-20(25-16-22(5,27)17-26-11-13-28-14-12-26)24-15-18-9-7-8-10-19(18)29-21(2,3)4;/h7-10,27H,6,11-17H2,1-5H3,(H2,23,24,25);1H. The Bertz CT molecular complexity index is 656. The second kappa shape index (κ2) is 12.7. The van der Waals surface area contributed by atoms with Crippen molar-refractivity contribution in [2.45, 2.75) is 52.4 Å². The number of aliphatic hydroxyl groups is 1. The van der Waals surface area contributed by atoms with Crippen LogP contribution in [0.15, 0.2) is 29.3 Å². The summed E-state index contributed by atoms with van der Waals surface area (Å²) in [5.74, 6) is 1.53. The third-order valence-corrected chi connectivity index (χ3v) is 4.45. The molecule has 8 heteroatoms. The van der Waals surface area contributed by atoms with Gasteiger partial charge in [-0.3, -0.25) is 4.90 Å². The van der Waals surface area contributed by atoms with E-state index in [1.54, 1.807) is 0 Å². The predicted molar refractivity (Wildman–Crippen MR) is 133 cm³/mol. The molecule has 1 aromatic rings. The van der Waals surface area contributed by atoms with Crippen molar-refractivity contribution >= 4 is 29.9 Å². The molecule has 0 aliphatic carbocycles. The Hall–Kier alpha value is -1.10. The number of aliphatic imine (C=N–C) groups is 1. The summed E-state index contributed by atoms with van der Waals surface area (Å²) in [4.78, 5) is 6.93. The number of β-amino-alcohol motifs (C(OH)–C–C–N with tert-alkyl or cyclic N) is 1. The van der Waals surface area contributed by atoms with E-state index in [0.29, 0.717) is 25.6 Å². The van der Waals surface area contributed by atoms with Crippen LogP contribution in [0.3, 0.4) is 0 Å². The van der Waals surface area contributed by atoms with Crippen LogP contribution in [0.1, 0.15) is 40.2 Å². The summed E-state index contributed by atoms with van der Waals surface area (Å²) in [6, 6.07) is 7.97. The first-order valence-electron chi connectivity index (χ1n) is 10.5. The van der Waals surface area contributed by atoms with Crippen LogP contribution in [-0.4, -0.2) is 73.1 Å². The van der Waals surface area contributed by atoms with Gasteiger partial charge in [0.05, 0.1) is 25.4 Å². The zero-order valence-electron chi connectivity index (χ0n) is 19.0. The van der Waals surface area contributed by atoms with Gasteiger partial charge < -0.3 is 25.2 Å². The highest BCUT2D eigenvalue weighted by molar-refractivity contribution is 14.0. The molecule has 1 saturated heterocycles. The van der Waals surface area contributed by atoms with Crippen molar-refractivity contribution in [2.75, 3.05) is 45.9 Å². The van der Waals surface area contributed by atoms with Gasteiger partial charge in [0.2, 0.25) is 0 Å². The van der Waals surface area contributed by atoms with E-state index in [1.165, 1.54) is 0 Å². The highest BCUT2D eigenvalue weighted by Crippen LogP contribution is 2.23. The third-order valence-electron chi connectivity index (χ3n) is 4.45. The second-order valence-electron chi connectivity index (χ2n) is 8.76. The number of ether oxygens (including phenoxy) is 2. The molecule has 0 saturated carbocycles. The first-order chi connectivity index (χ1) is 13.7. The molecule has 30 heavy (non-hydrogen) atoms. The van der Waals surface area contributed by atoms with Crippen LogP contribution in [0, 0.1) is 0 Å². The first kappa shape index (κ1) is 26.9. The largest absolute Gasteiger partial charge is 0.488 e. The Morgan fingerprint density at radius 3 is 2.47 bits per heavy atom. The number of benzene rings is 1. The minimum Gasteiger partial charge on any atom is -0.488 e. The zero-order valence-corrected chi connectivity index (χ0v) is 21.4. The molecule has 1 fully saturated rings. The van der Waals surface area contributed by atoms with E-state index in [4.69, 9.17) is 14.5 Å². The summed E-state index contributed by atoms with van der Waals surface area (Å²) in [7, 11) is 0. The molecule has 3 N–H and O–H groups in total. The summed E-state index contributed by atoms with van der Waals surface area (Å²) in [5, 5.41) is 17.3. The lowest BCUT2D eigenvalue weighted by atomic mass is 10.1. The van der Waals surface area contributed by atoms with Gasteiger partial charge in [-0.15, -0.1) is 24.0 Å². The molecular weight excluding hydrogens is 495 g/mol. The fourth-order valence-electron chi connectivity index (χ4n) is 3.14. The molecule has 0 aromatic heterocycles. The van der Waals surface area contributed by atoms with E-state index in [0.717, 1.165) is 44.2 Å². The minimum atomic E-state index is -0.860. The van der Waals surface area contributed by atoms with E-state index in [2.05, 4.69) is 15.5 Å². The summed E-state index contributed by atoms with van der Waals surface area (Å²) < 4.78 is 11.4. The van der Waals surface area contributed by atoms with Gasteiger partial charge in [0, 0.05) is 38.3 Å². The van der Waals surface area contributed by atoms with Crippen LogP contribution in [0.25, 0.3) is 0 Å². The second-order valence-corrected chi connectivity index (χ2v) is 8.76. The number of nitrogens with zero attached hydrogens (tertiary/aromatic N) is 2. The van der Waals surface area contributed by atoms with Crippen molar-refractivity contribution in [3.8, 4) is 5.75 Å². The van der Waals surface area contributed by atoms with Gasteiger partial charge in [-0.2, -0.15) is 0 Å². The molecule has 1 aromatic carbocycles. The molecule has 0 amide bonds. The highest BCUT2D eigenvalue weighted by Gasteiger charge is 2.25. The number of para-hydroxylation sites is 1. The molecule has 2 rings (SSSR count). The summed E-state index contributed by atoms with van der Waals surface area (Å²) in [6.45, 7) is 15.4. The average Bonchev–Trinajstić information content (AvgIpc) is 2.64. The van der Waals surface area contributed by atoms with Crippen LogP contribution in [0.2, 0.25) is 0 Å². The van der Waals surface area contributed by atoms with E-state index in [-0.39, 0.29) is 29.6 Å². The van der Waals surface area contributed by atoms with Crippen LogP contribution in [-0.2, 0) is 11.3 Å². The van der Waals surface area contributed by atoms with Crippen LogP contribution in [0.4, 0.5) is 0 Å². The van der Waals surface area contributed by atoms with Crippen molar-refractivity contribution in [1.29, 1.82) is 0 Å². The smallest absolute Gasteiger partial charge is 0.191 e. The number of nitrogens with one attached hydrogen (secondary N) is 2. The van der Waals surface area contributed by atoms with Crippen molar-refractivity contribution in [2.24, 2.45) is 4.99 Å². The van der Waals surface area contributed by atoms with Crippen LogP contribution < -0.4 is 15.4 Å². The number of guanidine groups is 1. The zero-order chi connectivity index (χ0) is 21.3. The number of rotatable bonds is 8. The number of halogens is 1. The quantitative estimate of drug-likeness (QED) is 0.271. The molecule has 0 spiro atoms. The Morgan fingerprint density at radius 1 is 1.17 bits per heavy atom. The topological polar surface area (TPSA) is 78.4 Å². The minimum absolute atomic E-state index is 0. The Kier molecular flexibility index (Phi) is 11.4. The van der Waals surface area contributed by atoms with E-state index in [1.807, 2.05) is 58.9 Å². The Balaban J connectivity index is 0.00000450. The van der Waals surface area contributed by atoms with Crippen molar-refractivity contribution in [3.05, 3.63) is 29.8 Å². The van der Waals surface area contributed by atoms with E-state index < -0.39 is 5.60 Å². The van der Waals surface area contributed by atoms with Gasteiger partial charge in [-0.1, -0.05) is 18.2 Å². The molecule has 0 radical (unpaired) electrons. The molecule has 1 atom stereocenters. The lowest BCUT2D eigenvalue weighted by Crippen LogP contribution is -2.52. The molecular formula is C22H39IN4O3. The SMILES string of the molecule is CCNC(=NCc1ccccc1OC(C)(C)C)NCC(C)(O)CN1CCOCC1.I. The molecule has 1 aliphatic rings. The predicted octanol–water partition coefficient (Wildman–Crippen LogP) is 2.62. The van der Waals surface area contributed by atoms with Gasteiger partial charge >= 0.3 is 0 Å². The fourth-order valence-corrected chi connectivity index (χ4v) is 3.14. The third kappa shape index (κ3) is 10.3. The van der Waals surface area contributed by atoms with Gasteiger partial charge in [0.1, 0.15) is 11.4 Å². The van der Waals surface area contributed by atoms with Crippen LogP contribution >= 0.6 is 24.0 Å². The number of morpholine rings is 1. The van der Waals surface area contributed by atoms with E-state index in [9.17, 15) is 5.11 Å². The van der Waals surface area contributed by atoms with Crippen molar-refractivity contribution in [3.63, 3.8) is 0 Å². The van der Waals surface area contributed by atoms with Crippen molar-refractivity contribution < 1.29 is 14.6 Å². The Morgan fingerprint density at radius 2 is 1.83 bits per heavy atom. The van der Waals surface area contributed by atoms with Crippen molar-refractivity contribution in [1.82, 2.24) is 15.5 Å². The van der Waals surface area contributed by atoms with Gasteiger partial charge in [0.15, 0.2) is 5.96 Å². The summed E-state index contributed by atoms with van der Waals surface area (Å²) in [6.07, 6.45) is 0. The maximum absolute atomic E-state index is 10.8.